The maximum Gasteiger partial charge on any atom is 0.438 e. The van der Waals surface area contributed by atoms with Gasteiger partial charge in [-0.1, -0.05) is 19.8 Å². The van der Waals surface area contributed by atoms with Gasteiger partial charge in [0.15, 0.2) is 6.17 Å². The highest BCUT2D eigenvalue weighted by atomic mass is 32.2. The lowest BCUT2D eigenvalue weighted by atomic mass is 10.0. The normalized spacial score (nSPS) is 15.7. The summed E-state index contributed by atoms with van der Waals surface area (Å²) in [5, 5.41) is -6.50. The van der Waals surface area contributed by atoms with Crippen LogP contribution in [-0.4, -0.2) is 36.2 Å². The van der Waals surface area contributed by atoms with Crippen molar-refractivity contribution in [2.75, 3.05) is 0 Å². The topological polar surface area (TPSA) is 89.4 Å². The van der Waals surface area contributed by atoms with E-state index in [2.05, 4.69) is 0 Å². The van der Waals surface area contributed by atoms with Gasteiger partial charge < -0.3 is 6.15 Å². The van der Waals surface area contributed by atoms with Gasteiger partial charge >= 0.3 is 27.2 Å². The molecule has 0 aliphatic carbocycles. The third-order valence-electron chi connectivity index (χ3n) is 2.31. The Balaban J connectivity index is 0. The molecule has 0 aromatic carbocycles. The molecule has 4 N–H and O–H groups in total. The van der Waals surface area contributed by atoms with Gasteiger partial charge in [0.2, 0.25) is 0 Å². The van der Waals surface area contributed by atoms with Crippen molar-refractivity contribution < 1.29 is 43.7 Å². The van der Waals surface area contributed by atoms with Crippen LogP contribution < -0.4 is 6.15 Å². The summed E-state index contributed by atoms with van der Waals surface area (Å²) < 4.78 is 118. The van der Waals surface area contributed by atoms with E-state index in [1.165, 1.54) is 6.92 Å². The van der Waals surface area contributed by atoms with Gasteiger partial charge in [-0.05, 0) is 6.42 Å². The van der Waals surface area contributed by atoms with Crippen LogP contribution in [0.5, 0.6) is 0 Å². The van der Waals surface area contributed by atoms with Crippen LogP contribution in [0.4, 0.5) is 30.7 Å². The maximum absolute atomic E-state index is 13.0. The van der Waals surface area contributed by atoms with E-state index in [9.17, 15) is 39.2 Å². The zero-order valence-corrected chi connectivity index (χ0v) is 11.0. The monoisotopic (exact) mass is 337 g/mol. The smallest absolute Gasteiger partial charge is 0.344 e. The van der Waals surface area contributed by atoms with Crippen LogP contribution in [0.15, 0.2) is 0 Å². The zero-order chi connectivity index (χ0) is 15.7. The third-order valence-corrected chi connectivity index (χ3v) is 3.22. The van der Waals surface area contributed by atoms with Gasteiger partial charge in [0.1, 0.15) is 0 Å². The first kappa shape index (κ1) is 21.7. The fraction of sp³-hybridized carbons (Fsp3) is 1.00. The number of rotatable bonds is 7. The number of hydrogen-bond acceptors (Lipinski definition) is 3. The zero-order valence-electron chi connectivity index (χ0n) is 10.2. The highest BCUT2D eigenvalue weighted by Crippen LogP contribution is 2.50. The molecule has 20 heavy (non-hydrogen) atoms. The van der Waals surface area contributed by atoms with Crippen LogP contribution >= 0.6 is 0 Å². The predicted octanol–water partition coefficient (Wildman–Crippen LogP) is 3.43. The lowest BCUT2D eigenvalue weighted by Gasteiger charge is -2.32. The average molecular weight is 337 g/mol. The summed E-state index contributed by atoms with van der Waals surface area (Å²) >= 11 is 0. The molecule has 0 rings (SSSR count). The lowest BCUT2D eigenvalue weighted by Crippen LogP contribution is -2.61. The minimum absolute atomic E-state index is 0. The average Bonchev–Trinajstić information content (AvgIpc) is 2.23. The molecule has 0 saturated heterocycles. The summed E-state index contributed by atoms with van der Waals surface area (Å²) in [6.45, 7) is 1.41. The molecular weight excluding hydrogens is 323 g/mol. The quantitative estimate of drug-likeness (QED) is 0.550. The molecular formula is C8H14F7NO3S. The fourth-order valence-corrected chi connectivity index (χ4v) is 1.58. The summed E-state index contributed by atoms with van der Waals surface area (Å²) in [4.78, 5) is 0. The van der Waals surface area contributed by atoms with Crippen molar-refractivity contribution in [1.82, 2.24) is 6.15 Å². The molecule has 0 spiro atoms. The fourth-order valence-electron chi connectivity index (χ4n) is 1.12. The molecule has 0 aromatic heterocycles. The molecule has 12 heteroatoms. The van der Waals surface area contributed by atoms with E-state index in [1.54, 1.807) is 0 Å². The van der Waals surface area contributed by atoms with Crippen molar-refractivity contribution in [2.24, 2.45) is 0 Å². The molecule has 0 aliphatic heterocycles. The van der Waals surface area contributed by atoms with E-state index in [-0.39, 0.29) is 19.0 Å². The van der Waals surface area contributed by atoms with Crippen LogP contribution in [0.3, 0.4) is 0 Å². The summed E-state index contributed by atoms with van der Waals surface area (Å²) in [5.41, 5.74) is 0. The summed E-state index contributed by atoms with van der Waals surface area (Å²) in [5.74, 6) is -12.5. The van der Waals surface area contributed by atoms with Gasteiger partial charge in [0, 0.05) is 0 Å². The van der Waals surface area contributed by atoms with E-state index in [1.807, 2.05) is 0 Å². The molecule has 1 atom stereocenters. The predicted molar refractivity (Wildman–Crippen MR) is 55.8 cm³/mol. The molecule has 0 fully saturated rings. The van der Waals surface area contributed by atoms with E-state index in [0.717, 1.165) is 0 Å². The first-order chi connectivity index (χ1) is 8.23. The van der Waals surface area contributed by atoms with Crippen molar-refractivity contribution in [3.63, 3.8) is 0 Å². The standard InChI is InChI=1S/C8H11F7O3S.H3N/c1-2-3-4-5(9)6(10,11)7(12,13)8(14,15)19(16,17)18;/h5H,2-4H2,1H3,(H,16,17,18);1H3. The first-order valence-electron chi connectivity index (χ1n) is 4.98. The Kier molecular flexibility index (Phi) is 6.97. The van der Waals surface area contributed by atoms with Crippen LogP contribution in [0.25, 0.3) is 0 Å². The van der Waals surface area contributed by atoms with E-state index in [0.29, 0.717) is 0 Å². The van der Waals surface area contributed by atoms with Gasteiger partial charge in [-0.15, -0.1) is 0 Å². The second-order valence-electron chi connectivity index (χ2n) is 3.80. The SMILES string of the molecule is CCCCC(F)C(F)(F)C(F)(F)C(F)(F)S(=O)(=O)O.N. The van der Waals surface area contributed by atoms with Crippen molar-refractivity contribution in [3.05, 3.63) is 0 Å². The summed E-state index contributed by atoms with van der Waals surface area (Å²) in [6, 6.07) is 0. The molecule has 0 bridgehead atoms. The van der Waals surface area contributed by atoms with Crippen molar-refractivity contribution in [2.45, 2.75) is 49.5 Å². The minimum Gasteiger partial charge on any atom is -0.344 e. The van der Waals surface area contributed by atoms with E-state index >= 15 is 0 Å². The molecule has 0 aromatic rings. The molecule has 0 amide bonds. The second kappa shape index (κ2) is 6.43. The minimum atomic E-state index is -6.83. The van der Waals surface area contributed by atoms with E-state index in [4.69, 9.17) is 4.55 Å². The number of hydrogen-bond donors (Lipinski definition) is 2. The van der Waals surface area contributed by atoms with Crippen LogP contribution in [0.1, 0.15) is 26.2 Å². The molecule has 0 aliphatic rings. The van der Waals surface area contributed by atoms with Gasteiger partial charge in [0.25, 0.3) is 0 Å². The Morgan fingerprint density at radius 1 is 1.10 bits per heavy atom. The van der Waals surface area contributed by atoms with Gasteiger partial charge in [-0.3, -0.25) is 4.55 Å². The number of unbranched alkanes of at least 4 members (excludes halogenated alkanes) is 1. The molecule has 124 valence electrons. The Morgan fingerprint density at radius 2 is 1.50 bits per heavy atom. The van der Waals surface area contributed by atoms with Crippen LogP contribution in [0, 0.1) is 0 Å². The van der Waals surface area contributed by atoms with Gasteiger partial charge in [0.05, 0.1) is 0 Å². The third kappa shape index (κ3) is 3.52. The summed E-state index contributed by atoms with van der Waals surface area (Å²) in [6.07, 6.45) is -4.98. The Labute approximate surface area is 110 Å². The van der Waals surface area contributed by atoms with Gasteiger partial charge in [-0.2, -0.15) is 34.8 Å². The lowest BCUT2D eigenvalue weighted by molar-refractivity contribution is -0.300. The van der Waals surface area contributed by atoms with Crippen molar-refractivity contribution in [3.8, 4) is 0 Å². The van der Waals surface area contributed by atoms with Gasteiger partial charge in [-0.25, -0.2) is 4.39 Å². The molecule has 4 nitrogen and oxygen atoms in total. The van der Waals surface area contributed by atoms with Crippen molar-refractivity contribution >= 4 is 10.1 Å². The second-order valence-corrected chi connectivity index (χ2v) is 5.26. The number of halogens is 7. The largest absolute Gasteiger partial charge is 0.438 e. The Morgan fingerprint density at radius 3 is 1.80 bits per heavy atom. The highest BCUT2D eigenvalue weighted by Gasteiger charge is 2.79. The molecule has 0 radical (unpaired) electrons. The van der Waals surface area contributed by atoms with Crippen molar-refractivity contribution in [1.29, 1.82) is 0 Å². The highest BCUT2D eigenvalue weighted by molar-refractivity contribution is 7.87. The van der Waals surface area contributed by atoms with Crippen LogP contribution in [-0.2, 0) is 10.1 Å². The molecule has 0 heterocycles. The number of alkyl halides is 7. The molecule has 0 saturated carbocycles. The van der Waals surface area contributed by atoms with E-state index < -0.39 is 39.8 Å². The van der Waals surface area contributed by atoms with Crippen LogP contribution in [0.2, 0.25) is 0 Å². The Bertz CT molecular complexity index is 412. The Hall–Kier alpha value is -0.620. The molecule has 1 unspecified atom stereocenters. The first-order valence-corrected chi connectivity index (χ1v) is 6.42. The maximum atomic E-state index is 13.0. The summed E-state index contributed by atoms with van der Waals surface area (Å²) in [7, 11) is -6.83.